The number of nitrogens with zero attached hydrogens (tertiary/aromatic N) is 2. The summed E-state index contributed by atoms with van der Waals surface area (Å²) in [5, 5.41) is 0.00714. The van der Waals surface area contributed by atoms with Gasteiger partial charge in [0.15, 0.2) is 19.8 Å². The van der Waals surface area contributed by atoms with Crippen LogP contribution in [0.1, 0.15) is 72.2 Å². The Balaban J connectivity index is 2.33. The summed E-state index contributed by atoms with van der Waals surface area (Å²) in [7, 11) is 1.08. The number of amides is 2. The lowest BCUT2D eigenvalue weighted by molar-refractivity contribution is 0.0272. The van der Waals surface area contributed by atoms with Crippen LogP contribution in [-0.2, 0) is 13.9 Å². The molecule has 2 unspecified atom stereocenters. The van der Waals surface area contributed by atoms with Gasteiger partial charge < -0.3 is 33.2 Å². The minimum atomic E-state index is -2.15. The third-order valence-corrected chi connectivity index (χ3v) is 12.3. The average Bonchev–Trinajstić information content (AvgIpc) is 3.24. The highest BCUT2D eigenvalue weighted by molar-refractivity contribution is 6.74. The molecule has 1 fully saturated rings. The van der Waals surface area contributed by atoms with Crippen LogP contribution in [0.4, 0.5) is 4.79 Å². The van der Waals surface area contributed by atoms with Crippen molar-refractivity contribution in [3.05, 3.63) is 23.8 Å². The molecule has 0 aromatic heterocycles. The van der Waals surface area contributed by atoms with Crippen molar-refractivity contribution in [2.45, 2.75) is 97.7 Å². The third-order valence-electron chi connectivity index (χ3n) is 7.76. The molecule has 2 amide bonds. The number of carbonyl (C=O) groups is 2. The first-order chi connectivity index (χ1) is 18.9. The molecule has 9 nitrogen and oxygen atoms in total. The number of methoxy groups -OCH3 is 2. The lowest BCUT2D eigenvalue weighted by Gasteiger charge is -2.40. The first kappa shape index (κ1) is 34.9. The highest BCUT2D eigenvalue weighted by Crippen LogP contribution is 2.39. The van der Waals surface area contributed by atoms with Crippen LogP contribution in [0, 0.1) is 5.92 Å². The summed E-state index contributed by atoms with van der Waals surface area (Å²) in [6.45, 7) is 23.1. The van der Waals surface area contributed by atoms with Gasteiger partial charge in [0, 0.05) is 57.3 Å². The molecule has 0 aliphatic carbocycles. The Labute approximate surface area is 248 Å². The fourth-order valence-electron chi connectivity index (χ4n) is 4.44. The van der Waals surface area contributed by atoms with E-state index in [0.717, 1.165) is 6.42 Å². The van der Waals surface area contributed by atoms with Crippen molar-refractivity contribution in [2.75, 3.05) is 47.1 Å². The average molecular weight is 595 g/mol. The Kier molecular flexibility index (Phi) is 12.1. The van der Waals surface area contributed by atoms with E-state index in [1.165, 1.54) is 0 Å². The van der Waals surface area contributed by atoms with E-state index in [-0.39, 0.29) is 35.1 Å². The molecule has 1 aromatic carbocycles. The number of benzene rings is 1. The van der Waals surface area contributed by atoms with Gasteiger partial charge in [-0.25, -0.2) is 4.79 Å². The van der Waals surface area contributed by atoms with E-state index in [1.54, 1.807) is 37.3 Å². The van der Waals surface area contributed by atoms with Crippen LogP contribution in [0.25, 0.3) is 0 Å². The molecule has 0 saturated carbocycles. The molecule has 0 radical (unpaired) electrons. The van der Waals surface area contributed by atoms with Crippen molar-refractivity contribution < 1.29 is 33.0 Å². The van der Waals surface area contributed by atoms with Crippen LogP contribution in [0.2, 0.25) is 18.1 Å². The SMILES string of the molecule is COCCCOc1cc(C(=O)N(CC2CN(C(=O)OC(C)(C)C)CC2O[Si](C)(C)C(C)(C)C)C(C)C)ccc1OC. The number of likely N-dealkylation sites (tertiary alicyclic amines) is 1. The number of rotatable bonds is 12. The van der Waals surface area contributed by atoms with Gasteiger partial charge in [-0.3, -0.25) is 4.79 Å². The zero-order valence-corrected chi connectivity index (χ0v) is 28.5. The predicted molar refractivity (Wildman–Crippen MR) is 165 cm³/mol. The summed E-state index contributed by atoms with van der Waals surface area (Å²) in [4.78, 5) is 30.6. The van der Waals surface area contributed by atoms with Gasteiger partial charge in [-0.2, -0.15) is 0 Å². The number of carbonyl (C=O) groups excluding carboxylic acids is 2. The molecule has 234 valence electrons. The van der Waals surface area contributed by atoms with Crippen LogP contribution < -0.4 is 9.47 Å². The van der Waals surface area contributed by atoms with E-state index in [0.29, 0.717) is 49.9 Å². The summed E-state index contributed by atoms with van der Waals surface area (Å²) in [5.41, 5.74) is -0.0760. The van der Waals surface area contributed by atoms with Crippen LogP contribution in [-0.4, -0.2) is 94.9 Å². The molecule has 1 aliphatic heterocycles. The molecule has 0 N–H and O–H groups in total. The van der Waals surface area contributed by atoms with E-state index >= 15 is 0 Å². The molecule has 41 heavy (non-hydrogen) atoms. The van der Waals surface area contributed by atoms with Gasteiger partial charge in [-0.15, -0.1) is 0 Å². The van der Waals surface area contributed by atoms with E-state index in [2.05, 4.69) is 33.9 Å². The van der Waals surface area contributed by atoms with Gasteiger partial charge in [-0.1, -0.05) is 20.8 Å². The quantitative estimate of drug-likeness (QED) is 0.210. The zero-order valence-electron chi connectivity index (χ0n) is 27.5. The van der Waals surface area contributed by atoms with E-state index in [1.807, 2.05) is 39.5 Å². The van der Waals surface area contributed by atoms with Gasteiger partial charge in [0.1, 0.15) is 5.60 Å². The molecule has 1 saturated heterocycles. The Bertz CT molecular complexity index is 1020. The van der Waals surface area contributed by atoms with Crippen molar-refractivity contribution in [1.29, 1.82) is 0 Å². The molecule has 1 aliphatic rings. The Morgan fingerprint density at radius 2 is 1.68 bits per heavy atom. The molecule has 0 bridgehead atoms. The molecule has 1 heterocycles. The van der Waals surface area contributed by atoms with Crippen LogP contribution in [0.5, 0.6) is 11.5 Å². The third kappa shape index (κ3) is 9.89. The van der Waals surface area contributed by atoms with Gasteiger partial charge in [-0.05, 0) is 71.0 Å². The zero-order chi connectivity index (χ0) is 31.2. The molecule has 10 heteroatoms. The van der Waals surface area contributed by atoms with Crippen molar-refractivity contribution in [2.24, 2.45) is 5.92 Å². The molecule has 2 atom stereocenters. The second kappa shape index (κ2) is 14.2. The molecule has 1 aromatic rings. The number of hydrogen-bond acceptors (Lipinski definition) is 7. The highest BCUT2D eigenvalue weighted by Gasteiger charge is 2.46. The first-order valence-corrected chi connectivity index (χ1v) is 17.6. The summed E-state index contributed by atoms with van der Waals surface area (Å²) in [6.07, 6.45) is 0.172. The number of hydrogen-bond donors (Lipinski definition) is 0. The second-order valence-corrected chi connectivity index (χ2v) is 18.4. The molecular weight excluding hydrogens is 540 g/mol. The fourth-order valence-corrected chi connectivity index (χ4v) is 5.81. The minimum Gasteiger partial charge on any atom is -0.493 e. The Morgan fingerprint density at radius 1 is 1.02 bits per heavy atom. The summed E-state index contributed by atoms with van der Waals surface area (Å²) < 4.78 is 29.1. The van der Waals surface area contributed by atoms with Crippen LogP contribution >= 0.6 is 0 Å². The van der Waals surface area contributed by atoms with E-state index in [9.17, 15) is 9.59 Å². The second-order valence-electron chi connectivity index (χ2n) is 13.7. The fraction of sp³-hybridized carbons (Fsp3) is 0.742. The smallest absolute Gasteiger partial charge is 0.410 e. The standard InChI is InChI=1S/C31H54N2O7Si/c1-22(2)33(28(34)23-14-15-25(37-10)26(18-23)38-17-13-16-36-9)20-24-19-32(29(35)39-30(3,4)5)21-27(24)40-41(11,12)31(6,7)8/h14-15,18,22,24,27H,13,16-17,19-21H2,1-12H3. The lowest BCUT2D eigenvalue weighted by atomic mass is 10.0. The maximum atomic E-state index is 13.9. The molecular formula is C31H54N2O7Si. The van der Waals surface area contributed by atoms with Gasteiger partial charge in [0.25, 0.3) is 5.91 Å². The highest BCUT2D eigenvalue weighted by atomic mass is 28.4. The van der Waals surface area contributed by atoms with Gasteiger partial charge in [0.2, 0.25) is 0 Å². The number of ether oxygens (including phenoxy) is 4. The monoisotopic (exact) mass is 594 g/mol. The summed E-state index contributed by atoms with van der Waals surface area (Å²) in [6, 6.07) is 5.21. The minimum absolute atomic E-state index is 0.00714. The largest absolute Gasteiger partial charge is 0.493 e. The Morgan fingerprint density at radius 3 is 2.22 bits per heavy atom. The topological polar surface area (TPSA) is 86.8 Å². The van der Waals surface area contributed by atoms with Crippen molar-refractivity contribution in [3.63, 3.8) is 0 Å². The van der Waals surface area contributed by atoms with E-state index in [4.69, 9.17) is 23.4 Å². The normalized spacial score (nSPS) is 18.0. The summed E-state index contributed by atoms with van der Waals surface area (Å²) in [5.74, 6) is 0.924. The molecule has 2 rings (SSSR count). The predicted octanol–water partition coefficient (Wildman–Crippen LogP) is 6.22. The molecule has 0 spiro atoms. The van der Waals surface area contributed by atoms with Gasteiger partial charge in [0.05, 0.1) is 19.8 Å². The van der Waals surface area contributed by atoms with Crippen molar-refractivity contribution in [3.8, 4) is 11.5 Å². The van der Waals surface area contributed by atoms with E-state index < -0.39 is 13.9 Å². The maximum Gasteiger partial charge on any atom is 0.410 e. The van der Waals surface area contributed by atoms with Crippen LogP contribution in [0.3, 0.4) is 0 Å². The Hall–Kier alpha value is -2.30. The van der Waals surface area contributed by atoms with Crippen molar-refractivity contribution >= 4 is 20.3 Å². The maximum absolute atomic E-state index is 13.9. The van der Waals surface area contributed by atoms with Crippen LogP contribution in [0.15, 0.2) is 18.2 Å². The first-order valence-electron chi connectivity index (χ1n) is 14.7. The summed E-state index contributed by atoms with van der Waals surface area (Å²) >= 11 is 0. The van der Waals surface area contributed by atoms with Crippen molar-refractivity contribution in [1.82, 2.24) is 9.80 Å². The lowest BCUT2D eigenvalue weighted by Crippen LogP contribution is -2.48. The van der Waals surface area contributed by atoms with Gasteiger partial charge >= 0.3 is 6.09 Å².